The van der Waals surface area contributed by atoms with E-state index in [0.717, 1.165) is 5.56 Å². The summed E-state index contributed by atoms with van der Waals surface area (Å²) in [4.78, 5) is 25.9. The first-order chi connectivity index (χ1) is 10.5. The Kier molecular flexibility index (Phi) is 10.5. The van der Waals surface area contributed by atoms with Crippen molar-refractivity contribution in [1.82, 2.24) is 4.90 Å². The first kappa shape index (κ1) is 23.7. The Morgan fingerprint density at radius 2 is 2.04 bits per heavy atom. The van der Waals surface area contributed by atoms with E-state index in [0.29, 0.717) is 30.2 Å². The molecule has 1 aliphatic heterocycles. The number of β-lactam (4-membered cyclic amide) rings is 1. The van der Waals surface area contributed by atoms with Crippen LogP contribution in [-0.4, -0.2) is 34.2 Å². The van der Waals surface area contributed by atoms with Crippen molar-refractivity contribution < 1.29 is 51.3 Å². The smallest absolute Gasteiger partial charge is 0.147 e. The average molecular weight is 578 g/mol. The zero-order valence-corrected chi connectivity index (χ0v) is 21.1. The first-order valence-electron chi connectivity index (χ1n) is 6.82. The first-order valence-corrected chi connectivity index (χ1v) is 14.6. The number of amides is 1. The van der Waals surface area contributed by atoms with Gasteiger partial charge in [-0.1, -0.05) is 0 Å². The average Bonchev–Trinajstić information content (AvgIpc) is 2.52. The van der Waals surface area contributed by atoms with Crippen molar-refractivity contribution in [2.45, 2.75) is 31.0 Å². The topological polar surface area (TPSA) is 72.6 Å². The molecule has 1 aliphatic rings. The van der Waals surface area contributed by atoms with Gasteiger partial charge >= 0.3 is 149 Å². The Labute approximate surface area is 172 Å². The molecule has 0 bridgehead atoms. The molecule has 1 fully saturated rings. The molecular weight excluding hydrogens is 560 g/mol. The molecule has 24 heavy (non-hydrogen) atoms. The van der Waals surface area contributed by atoms with E-state index in [9.17, 15) is 9.59 Å². The minimum Gasteiger partial charge on any atom is -1.00 e. The second-order valence-electron chi connectivity index (χ2n) is 5.17. The van der Waals surface area contributed by atoms with Gasteiger partial charge in [0.15, 0.2) is 0 Å². The van der Waals surface area contributed by atoms with Gasteiger partial charge in [-0.3, -0.25) is 0 Å². The molecule has 5 nitrogen and oxygen atoms in total. The predicted molar refractivity (Wildman–Crippen MR) is 88.3 cm³/mol. The number of esters is 1. The van der Waals surface area contributed by atoms with Crippen molar-refractivity contribution in [3.63, 3.8) is 0 Å². The Hall–Kier alpha value is -0.275. The number of nitrogens with two attached hydrogens (primary N) is 1. The summed E-state index contributed by atoms with van der Waals surface area (Å²) in [6, 6.07) is 8.15. The summed E-state index contributed by atoms with van der Waals surface area (Å²) in [6.45, 7) is 5.74. The Balaban J connectivity index is 0.00000264. The van der Waals surface area contributed by atoms with E-state index in [4.69, 9.17) is 10.5 Å². The number of carbonyl (C=O) groups is 2. The third-order valence-corrected chi connectivity index (χ3v) is 8.33. The predicted octanol–water partition coefficient (Wildman–Crippen LogP) is -1.21. The van der Waals surface area contributed by atoms with Crippen molar-refractivity contribution in [1.29, 1.82) is 0 Å². The molecule has 0 radical (unpaired) electrons. The minimum absolute atomic E-state index is 0. The molecule has 128 valence electrons. The fraction of sp³-hybridized carbons (Fsp3) is 0.333. The summed E-state index contributed by atoms with van der Waals surface area (Å²) >= 11 is 0.423. The number of halogens is 2. The molecule has 0 spiro atoms. The minimum atomic E-state index is -0.753. The van der Waals surface area contributed by atoms with E-state index in [2.05, 4.69) is 6.58 Å². The second kappa shape index (κ2) is 10.7. The van der Waals surface area contributed by atoms with Gasteiger partial charge in [0.1, 0.15) is 0 Å². The largest absolute Gasteiger partial charge is 1.00 e. The van der Waals surface area contributed by atoms with Gasteiger partial charge in [-0.25, -0.2) is 0 Å². The number of hydrogen-bond donors (Lipinski definition) is 1. The van der Waals surface area contributed by atoms with Crippen molar-refractivity contribution in [2.24, 2.45) is 5.73 Å². The maximum Gasteiger partial charge on any atom is -0.147 e. The molecule has 2 rings (SSSR count). The fourth-order valence-corrected chi connectivity index (χ4v) is 7.33. The molecule has 1 aromatic rings. The zero-order valence-electron chi connectivity index (χ0n) is 13.2. The molecule has 1 saturated heterocycles. The van der Waals surface area contributed by atoms with E-state index in [1.54, 1.807) is 15.2 Å². The standard InChI is InChI=1S/C15H18N2O3S.2ClH.Hg/c1-9(2)12(17-13(18)11(16)14(17)21)15(19)20-8-10-6-4-3-5-7-10;;;/h3-7,11-12,14,21H,1,8,16H2,2H3;2*1H;/q;;;+2/p-2. The molecular formula is C15H18Cl2HgN2O3S. The molecule has 0 aliphatic carbocycles. The number of likely N-dealkylation sites (tertiary alicyclic amines) is 1. The SMILES string of the molecule is C=C(C)C(C(=O)OCc1ccccc1)N1C(=O)C(N)C1[S][Hg+].Cl.[Cl-]. The number of carbonyl (C=O) groups excluding carboxylic acids is 2. The normalized spacial score (nSPS) is 20.2. The van der Waals surface area contributed by atoms with Crippen molar-refractivity contribution in [2.75, 3.05) is 0 Å². The quantitative estimate of drug-likeness (QED) is 0.199. The number of benzene rings is 1. The molecule has 0 aromatic heterocycles. The van der Waals surface area contributed by atoms with Crippen LogP contribution in [-0.2, 0) is 45.5 Å². The number of ether oxygens (including phenoxy) is 1. The third-order valence-electron chi connectivity index (χ3n) is 3.48. The number of nitrogens with zero attached hydrogens (tertiary/aromatic N) is 1. The van der Waals surface area contributed by atoms with Gasteiger partial charge in [0, 0.05) is 0 Å². The maximum atomic E-state index is 12.4. The van der Waals surface area contributed by atoms with Crippen molar-refractivity contribution in [3.05, 3.63) is 48.0 Å². The summed E-state index contributed by atoms with van der Waals surface area (Å²) in [7, 11) is 1.63. The molecule has 1 heterocycles. The van der Waals surface area contributed by atoms with Crippen LogP contribution >= 0.6 is 20.6 Å². The monoisotopic (exact) mass is 578 g/mol. The third kappa shape index (κ3) is 5.11. The summed E-state index contributed by atoms with van der Waals surface area (Å²) < 4.78 is 5.36. The van der Waals surface area contributed by atoms with Crippen molar-refractivity contribution in [3.8, 4) is 0 Å². The van der Waals surface area contributed by atoms with Crippen LogP contribution in [0.15, 0.2) is 42.5 Å². The van der Waals surface area contributed by atoms with E-state index >= 15 is 0 Å². The van der Waals surface area contributed by atoms with Crippen LogP contribution in [0.5, 0.6) is 0 Å². The number of hydrogen-bond acceptors (Lipinski definition) is 5. The Bertz CT molecular complexity index is 591. The van der Waals surface area contributed by atoms with Crippen molar-refractivity contribution >= 4 is 32.5 Å². The van der Waals surface area contributed by atoms with Crippen LogP contribution in [0.25, 0.3) is 0 Å². The Morgan fingerprint density at radius 1 is 1.46 bits per heavy atom. The van der Waals surface area contributed by atoms with Gasteiger partial charge < -0.3 is 12.4 Å². The molecule has 9 heteroatoms. The molecule has 1 aromatic carbocycles. The number of rotatable bonds is 6. The van der Waals surface area contributed by atoms with Crippen LogP contribution < -0.4 is 18.1 Å². The van der Waals surface area contributed by atoms with Crippen LogP contribution in [0.4, 0.5) is 0 Å². The van der Waals surface area contributed by atoms with Gasteiger partial charge in [0.2, 0.25) is 0 Å². The van der Waals surface area contributed by atoms with Gasteiger partial charge in [0.25, 0.3) is 0 Å². The van der Waals surface area contributed by atoms with Gasteiger partial charge in [-0.2, -0.15) is 0 Å². The summed E-state index contributed by atoms with van der Waals surface area (Å²) in [6.07, 6.45) is 0. The van der Waals surface area contributed by atoms with E-state index in [-0.39, 0.29) is 42.7 Å². The Morgan fingerprint density at radius 3 is 2.54 bits per heavy atom. The molecule has 3 unspecified atom stereocenters. The van der Waals surface area contributed by atoms with E-state index in [1.165, 1.54) is 4.90 Å². The molecule has 0 saturated carbocycles. The second-order valence-corrected chi connectivity index (χ2v) is 9.87. The van der Waals surface area contributed by atoms with Gasteiger partial charge in [-0.05, 0) is 0 Å². The summed E-state index contributed by atoms with van der Waals surface area (Å²) in [5.74, 6) is -0.670. The van der Waals surface area contributed by atoms with Crippen LogP contribution in [0.1, 0.15) is 12.5 Å². The van der Waals surface area contributed by atoms with Crippen LogP contribution in [0, 0.1) is 0 Å². The molecule has 3 atom stereocenters. The van der Waals surface area contributed by atoms with E-state index in [1.807, 2.05) is 30.3 Å². The van der Waals surface area contributed by atoms with Crippen LogP contribution in [0.3, 0.4) is 0 Å². The van der Waals surface area contributed by atoms with Gasteiger partial charge in [-0.15, -0.1) is 12.4 Å². The molecule has 1 amide bonds. The summed E-state index contributed by atoms with van der Waals surface area (Å²) in [5.41, 5.74) is 7.30. The van der Waals surface area contributed by atoms with E-state index < -0.39 is 18.1 Å². The zero-order chi connectivity index (χ0) is 16.3. The van der Waals surface area contributed by atoms with Gasteiger partial charge in [0.05, 0.1) is 0 Å². The molecule has 2 N–H and O–H groups in total. The fourth-order valence-electron chi connectivity index (χ4n) is 2.33. The summed E-state index contributed by atoms with van der Waals surface area (Å²) in [5, 5.41) is -0.137. The van der Waals surface area contributed by atoms with Crippen LogP contribution in [0.2, 0.25) is 0 Å². The maximum absolute atomic E-state index is 12.4.